The highest BCUT2D eigenvalue weighted by Gasteiger charge is 2.35. The van der Waals surface area contributed by atoms with Crippen molar-refractivity contribution in [2.45, 2.75) is 63.9 Å². The van der Waals surface area contributed by atoms with Gasteiger partial charge in [0.2, 0.25) is 0 Å². The lowest BCUT2D eigenvalue weighted by atomic mass is 10.0. The van der Waals surface area contributed by atoms with Gasteiger partial charge in [-0.2, -0.15) is 0 Å². The molecule has 3 atom stereocenters. The second-order valence-corrected chi connectivity index (χ2v) is 8.28. The van der Waals surface area contributed by atoms with Crippen molar-refractivity contribution in [2.75, 3.05) is 19.8 Å². The topological polar surface area (TPSA) is 63.2 Å². The van der Waals surface area contributed by atoms with E-state index in [2.05, 4.69) is 6.92 Å². The van der Waals surface area contributed by atoms with Crippen LogP contribution in [0.1, 0.15) is 67.7 Å². The molecule has 0 unspecified atom stereocenters. The standard InChI is InChI=1S/C26H32O6/c1-2-3-4-5-16-28-21-12-14-22(15-13-21)31-25(27)19-8-10-20(11-9-19)26-30-18-24-23(32-26)7-6-17-29-24/h8-15,23-24,26H,2-7,16-18H2,1H3/t23-,24+,26+/m0/s1. The molecule has 0 N–H and O–H groups in total. The zero-order valence-corrected chi connectivity index (χ0v) is 18.7. The Labute approximate surface area is 189 Å². The van der Waals surface area contributed by atoms with Gasteiger partial charge in [0.05, 0.1) is 24.9 Å². The summed E-state index contributed by atoms with van der Waals surface area (Å²) < 4.78 is 28.8. The lowest BCUT2D eigenvalue weighted by Crippen LogP contribution is -2.44. The first-order chi connectivity index (χ1) is 15.7. The Kier molecular flexibility index (Phi) is 8.15. The van der Waals surface area contributed by atoms with E-state index in [9.17, 15) is 4.79 Å². The van der Waals surface area contributed by atoms with Crippen LogP contribution in [0.15, 0.2) is 48.5 Å². The van der Waals surface area contributed by atoms with E-state index in [0.29, 0.717) is 24.5 Å². The summed E-state index contributed by atoms with van der Waals surface area (Å²) in [6.07, 6.45) is 6.31. The van der Waals surface area contributed by atoms with E-state index in [4.69, 9.17) is 23.7 Å². The third-order valence-corrected chi connectivity index (χ3v) is 5.81. The molecule has 6 heteroatoms. The van der Waals surface area contributed by atoms with Gasteiger partial charge in [-0.05, 0) is 55.7 Å². The Balaban J connectivity index is 1.26. The molecule has 0 aliphatic carbocycles. The molecule has 0 radical (unpaired) electrons. The van der Waals surface area contributed by atoms with Gasteiger partial charge >= 0.3 is 5.97 Å². The van der Waals surface area contributed by atoms with Crippen LogP contribution in [0.5, 0.6) is 11.5 Å². The quantitative estimate of drug-likeness (QED) is 0.293. The molecule has 2 saturated heterocycles. The second kappa shape index (κ2) is 11.5. The molecule has 4 rings (SSSR count). The van der Waals surface area contributed by atoms with Gasteiger partial charge in [0.25, 0.3) is 0 Å². The predicted octanol–water partition coefficient (Wildman–Crippen LogP) is 5.46. The van der Waals surface area contributed by atoms with E-state index in [1.807, 2.05) is 24.3 Å². The van der Waals surface area contributed by atoms with E-state index in [-0.39, 0.29) is 12.2 Å². The monoisotopic (exact) mass is 440 g/mol. The van der Waals surface area contributed by atoms with Gasteiger partial charge < -0.3 is 23.7 Å². The van der Waals surface area contributed by atoms with Gasteiger partial charge in [-0.3, -0.25) is 0 Å². The molecule has 0 bridgehead atoms. The van der Waals surface area contributed by atoms with Crippen LogP contribution in [-0.2, 0) is 14.2 Å². The minimum absolute atomic E-state index is 0.0205. The average molecular weight is 441 g/mol. The molecule has 0 amide bonds. The molecule has 6 nitrogen and oxygen atoms in total. The van der Waals surface area contributed by atoms with Gasteiger partial charge in [0, 0.05) is 12.2 Å². The number of rotatable bonds is 9. The molecule has 32 heavy (non-hydrogen) atoms. The van der Waals surface area contributed by atoms with Crippen molar-refractivity contribution >= 4 is 5.97 Å². The highest BCUT2D eigenvalue weighted by molar-refractivity contribution is 5.91. The molecular formula is C26H32O6. The van der Waals surface area contributed by atoms with Gasteiger partial charge in [-0.25, -0.2) is 4.79 Å². The molecule has 2 heterocycles. The van der Waals surface area contributed by atoms with Crippen LogP contribution in [-0.4, -0.2) is 38.0 Å². The van der Waals surface area contributed by atoms with E-state index in [0.717, 1.165) is 37.2 Å². The molecule has 0 aromatic heterocycles. The first-order valence-electron chi connectivity index (χ1n) is 11.7. The molecule has 2 aromatic rings. The largest absolute Gasteiger partial charge is 0.494 e. The lowest BCUT2D eigenvalue weighted by molar-refractivity contribution is -0.277. The average Bonchev–Trinajstić information content (AvgIpc) is 2.84. The fourth-order valence-corrected chi connectivity index (χ4v) is 3.94. The Morgan fingerprint density at radius 1 is 0.938 bits per heavy atom. The molecule has 2 aliphatic heterocycles. The fraction of sp³-hybridized carbons (Fsp3) is 0.500. The van der Waals surface area contributed by atoms with Crippen molar-refractivity contribution in [1.82, 2.24) is 0 Å². The molecule has 0 saturated carbocycles. The number of esters is 1. The number of benzene rings is 2. The van der Waals surface area contributed by atoms with Crippen LogP contribution in [0.25, 0.3) is 0 Å². The number of ether oxygens (including phenoxy) is 5. The smallest absolute Gasteiger partial charge is 0.343 e. The minimum atomic E-state index is -0.433. The number of hydrogen-bond acceptors (Lipinski definition) is 6. The van der Waals surface area contributed by atoms with Crippen LogP contribution >= 0.6 is 0 Å². The first-order valence-corrected chi connectivity index (χ1v) is 11.7. The Morgan fingerprint density at radius 2 is 1.72 bits per heavy atom. The van der Waals surface area contributed by atoms with Gasteiger partial charge in [0.15, 0.2) is 6.29 Å². The maximum absolute atomic E-state index is 12.5. The maximum Gasteiger partial charge on any atom is 0.343 e. The summed E-state index contributed by atoms with van der Waals surface area (Å²) in [5.74, 6) is 0.861. The van der Waals surface area contributed by atoms with Crippen molar-refractivity contribution in [3.8, 4) is 11.5 Å². The van der Waals surface area contributed by atoms with E-state index >= 15 is 0 Å². The zero-order valence-electron chi connectivity index (χ0n) is 18.7. The normalized spacial score (nSPS) is 22.7. The number of unbranched alkanes of at least 4 members (excludes halogenated alkanes) is 3. The van der Waals surface area contributed by atoms with Crippen molar-refractivity contribution in [1.29, 1.82) is 0 Å². The highest BCUT2D eigenvalue weighted by Crippen LogP contribution is 2.32. The van der Waals surface area contributed by atoms with Crippen LogP contribution in [0.2, 0.25) is 0 Å². The van der Waals surface area contributed by atoms with E-state index < -0.39 is 12.3 Å². The van der Waals surface area contributed by atoms with E-state index in [1.54, 1.807) is 24.3 Å². The van der Waals surface area contributed by atoms with Gasteiger partial charge in [0.1, 0.15) is 17.6 Å². The van der Waals surface area contributed by atoms with Crippen molar-refractivity contribution < 1.29 is 28.5 Å². The summed E-state index contributed by atoms with van der Waals surface area (Å²) in [5, 5.41) is 0. The fourth-order valence-electron chi connectivity index (χ4n) is 3.94. The van der Waals surface area contributed by atoms with Crippen LogP contribution in [0, 0.1) is 0 Å². The Hall–Kier alpha value is -2.41. The molecule has 2 fully saturated rings. The van der Waals surface area contributed by atoms with Crippen LogP contribution in [0.3, 0.4) is 0 Å². The van der Waals surface area contributed by atoms with Crippen molar-refractivity contribution in [2.24, 2.45) is 0 Å². The predicted molar refractivity (Wildman–Crippen MR) is 120 cm³/mol. The summed E-state index contributed by atoms with van der Waals surface area (Å²) in [5.41, 5.74) is 1.35. The number of hydrogen-bond donors (Lipinski definition) is 0. The van der Waals surface area contributed by atoms with E-state index in [1.165, 1.54) is 19.3 Å². The summed E-state index contributed by atoms with van der Waals surface area (Å²) in [7, 11) is 0. The molecule has 172 valence electrons. The number of fused-ring (bicyclic) bond motifs is 1. The summed E-state index contributed by atoms with van der Waals surface area (Å²) in [6, 6.07) is 14.3. The summed E-state index contributed by atoms with van der Waals surface area (Å²) >= 11 is 0. The van der Waals surface area contributed by atoms with Gasteiger partial charge in [-0.15, -0.1) is 0 Å². The second-order valence-electron chi connectivity index (χ2n) is 8.28. The number of carbonyl (C=O) groups is 1. The number of carbonyl (C=O) groups excluding carboxylic acids is 1. The summed E-state index contributed by atoms with van der Waals surface area (Å²) in [6.45, 7) is 4.19. The molecule has 2 aromatic carbocycles. The van der Waals surface area contributed by atoms with Crippen LogP contribution in [0.4, 0.5) is 0 Å². The zero-order chi connectivity index (χ0) is 22.2. The Morgan fingerprint density at radius 3 is 2.50 bits per heavy atom. The SMILES string of the molecule is CCCCCCOc1ccc(OC(=O)c2ccc([C@@H]3OC[C@H]4OCCC[C@@H]4O3)cc2)cc1. The third kappa shape index (κ3) is 6.09. The molecule has 2 aliphatic rings. The highest BCUT2D eigenvalue weighted by atomic mass is 16.7. The third-order valence-electron chi connectivity index (χ3n) is 5.81. The van der Waals surface area contributed by atoms with Crippen molar-refractivity contribution in [3.63, 3.8) is 0 Å². The van der Waals surface area contributed by atoms with Crippen LogP contribution < -0.4 is 9.47 Å². The molecule has 0 spiro atoms. The maximum atomic E-state index is 12.5. The minimum Gasteiger partial charge on any atom is -0.494 e. The lowest BCUT2D eigenvalue weighted by Gasteiger charge is -2.39. The Bertz CT molecular complexity index is 848. The first kappa shape index (κ1) is 22.8. The molecular weight excluding hydrogens is 408 g/mol. The van der Waals surface area contributed by atoms with Crippen molar-refractivity contribution in [3.05, 3.63) is 59.7 Å². The van der Waals surface area contributed by atoms with Gasteiger partial charge in [-0.1, -0.05) is 38.3 Å². The summed E-state index contributed by atoms with van der Waals surface area (Å²) in [4.78, 5) is 12.5.